The molecule has 0 aliphatic rings. The van der Waals surface area contributed by atoms with Crippen molar-refractivity contribution >= 4 is 21.6 Å². The maximum Gasteiger partial charge on any atom is 0.134 e. The van der Waals surface area contributed by atoms with E-state index in [9.17, 15) is 5.11 Å². The highest BCUT2D eigenvalue weighted by Crippen LogP contribution is 2.29. The second-order valence-corrected chi connectivity index (χ2v) is 5.14. The fourth-order valence-electron chi connectivity index (χ4n) is 1.82. The minimum Gasteiger partial charge on any atom is -0.506 e. The number of rotatable bonds is 5. The van der Waals surface area contributed by atoms with Gasteiger partial charge in [-0.2, -0.15) is 0 Å². The zero-order chi connectivity index (χ0) is 13.7. The van der Waals surface area contributed by atoms with Crippen molar-refractivity contribution < 1.29 is 5.11 Å². The lowest BCUT2D eigenvalue weighted by Gasteiger charge is -2.12. The molecule has 0 aliphatic heterocycles. The number of hydrazine groups is 1. The fourth-order valence-corrected chi connectivity index (χ4v) is 2.37. The summed E-state index contributed by atoms with van der Waals surface area (Å²) in [7, 11) is 0. The Labute approximate surface area is 121 Å². The van der Waals surface area contributed by atoms with Crippen molar-refractivity contribution in [2.45, 2.75) is 19.9 Å². The third-order valence-electron chi connectivity index (χ3n) is 2.90. The summed E-state index contributed by atoms with van der Waals surface area (Å²) in [4.78, 5) is 0. The van der Waals surface area contributed by atoms with Crippen molar-refractivity contribution in [1.29, 1.82) is 0 Å². The Balaban J connectivity index is 2.01. The predicted octanol–water partition coefficient (Wildman–Crippen LogP) is 3.83. The van der Waals surface area contributed by atoms with Crippen molar-refractivity contribution in [2.75, 3.05) is 5.43 Å². The number of hydrogen-bond donors (Lipinski definition) is 3. The van der Waals surface area contributed by atoms with Crippen LogP contribution >= 0.6 is 15.9 Å². The molecule has 0 unspecified atom stereocenters. The highest BCUT2D eigenvalue weighted by molar-refractivity contribution is 9.10. The van der Waals surface area contributed by atoms with Crippen molar-refractivity contribution in [3.05, 3.63) is 58.1 Å². The summed E-state index contributed by atoms with van der Waals surface area (Å²) < 4.78 is 0.739. The maximum absolute atomic E-state index is 10.0. The summed E-state index contributed by atoms with van der Waals surface area (Å²) >= 11 is 3.38. The molecule has 2 aromatic carbocycles. The van der Waals surface area contributed by atoms with Crippen molar-refractivity contribution in [3.63, 3.8) is 0 Å². The van der Waals surface area contributed by atoms with Crippen molar-refractivity contribution in [1.82, 2.24) is 5.43 Å². The van der Waals surface area contributed by atoms with E-state index in [4.69, 9.17) is 0 Å². The molecular weight excluding hydrogens is 304 g/mol. The van der Waals surface area contributed by atoms with E-state index in [1.807, 2.05) is 42.5 Å². The van der Waals surface area contributed by atoms with Gasteiger partial charge in [0.25, 0.3) is 0 Å². The first-order valence-electron chi connectivity index (χ1n) is 6.25. The van der Waals surface area contributed by atoms with Crippen LogP contribution in [0.25, 0.3) is 0 Å². The molecule has 0 fully saturated rings. The van der Waals surface area contributed by atoms with Crippen LogP contribution in [0, 0.1) is 0 Å². The Morgan fingerprint density at radius 2 is 1.89 bits per heavy atom. The Morgan fingerprint density at radius 3 is 2.58 bits per heavy atom. The normalized spacial score (nSPS) is 10.4. The van der Waals surface area contributed by atoms with Crippen LogP contribution in [0.4, 0.5) is 5.69 Å². The highest BCUT2D eigenvalue weighted by atomic mass is 79.9. The van der Waals surface area contributed by atoms with E-state index in [0.29, 0.717) is 12.3 Å². The Kier molecular flexibility index (Phi) is 4.82. The van der Waals surface area contributed by atoms with Crippen LogP contribution in [0.3, 0.4) is 0 Å². The van der Waals surface area contributed by atoms with Gasteiger partial charge in [-0.3, -0.25) is 0 Å². The van der Waals surface area contributed by atoms with Crippen LogP contribution < -0.4 is 10.9 Å². The molecule has 0 aliphatic carbocycles. The number of phenolic OH excluding ortho intramolecular Hbond substituents is 1. The first-order valence-corrected chi connectivity index (χ1v) is 7.04. The van der Waals surface area contributed by atoms with Gasteiger partial charge in [-0.1, -0.05) is 31.2 Å². The molecule has 3 N–H and O–H groups in total. The number of hydrogen-bond acceptors (Lipinski definition) is 3. The standard InChI is InChI=1S/C15H17BrN2O/c1-2-11-8-12(15(19)14(16)9-11)10-17-18-13-6-4-3-5-7-13/h3-9,17-19H,2,10H2,1H3. The average Bonchev–Trinajstić information content (AvgIpc) is 2.44. The topological polar surface area (TPSA) is 44.3 Å². The van der Waals surface area contributed by atoms with Crippen LogP contribution in [0.15, 0.2) is 46.9 Å². The van der Waals surface area contributed by atoms with Gasteiger partial charge in [0, 0.05) is 17.8 Å². The lowest BCUT2D eigenvalue weighted by molar-refractivity contribution is 0.462. The highest BCUT2D eigenvalue weighted by Gasteiger charge is 2.07. The van der Waals surface area contributed by atoms with E-state index in [1.54, 1.807) is 0 Å². The van der Waals surface area contributed by atoms with Crippen molar-refractivity contribution in [2.24, 2.45) is 0 Å². The number of phenols is 1. The molecule has 0 radical (unpaired) electrons. The zero-order valence-corrected chi connectivity index (χ0v) is 12.4. The second kappa shape index (κ2) is 6.59. The SMILES string of the molecule is CCc1cc(Br)c(O)c(CNNc2ccccc2)c1. The van der Waals surface area contributed by atoms with Gasteiger partial charge < -0.3 is 10.5 Å². The summed E-state index contributed by atoms with van der Waals surface area (Å²) in [6.07, 6.45) is 0.942. The molecule has 0 spiro atoms. The van der Waals surface area contributed by atoms with E-state index >= 15 is 0 Å². The number of benzene rings is 2. The molecule has 2 aromatic rings. The molecule has 0 bridgehead atoms. The summed E-state index contributed by atoms with van der Waals surface area (Å²) in [5, 5.41) is 10.0. The molecule has 19 heavy (non-hydrogen) atoms. The summed E-state index contributed by atoms with van der Waals surface area (Å²) in [6, 6.07) is 13.8. The van der Waals surface area contributed by atoms with Gasteiger partial charge in [0.15, 0.2) is 0 Å². The minimum atomic E-state index is 0.291. The molecule has 0 aromatic heterocycles. The van der Waals surface area contributed by atoms with E-state index in [0.717, 1.165) is 22.1 Å². The molecule has 0 atom stereocenters. The summed E-state index contributed by atoms with van der Waals surface area (Å²) in [6.45, 7) is 2.64. The molecule has 0 saturated carbocycles. The van der Waals surface area contributed by atoms with Gasteiger partial charge in [0.2, 0.25) is 0 Å². The van der Waals surface area contributed by atoms with Gasteiger partial charge in [-0.15, -0.1) is 0 Å². The Morgan fingerprint density at radius 1 is 1.16 bits per heavy atom. The zero-order valence-electron chi connectivity index (χ0n) is 10.8. The van der Waals surface area contributed by atoms with E-state index in [-0.39, 0.29) is 0 Å². The molecule has 0 saturated heterocycles. The first kappa shape index (κ1) is 13.9. The Hall–Kier alpha value is -1.52. The summed E-state index contributed by atoms with van der Waals surface area (Å²) in [5.41, 5.74) is 9.27. The van der Waals surface area contributed by atoms with E-state index < -0.39 is 0 Å². The number of halogens is 1. The number of aromatic hydroxyl groups is 1. The van der Waals surface area contributed by atoms with Crippen LogP contribution in [0.2, 0.25) is 0 Å². The van der Waals surface area contributed by atoms with Gasteiger partial charge in [0.05, 0.1) is 4.47 Å². The molecule has 4 heteroatoms. The van der Waals surface area contributed by atoms with Gasteiger partial charge >= 0.3 is 0 Å². The number of anilines is 1. The van der Waals surface area contributed by atoms with E-state index in [1.165, 1.54) is 5.56 Å². The van der Waals surface area contributed by atoms with Gasteiger partial charge in [0.1, 0.15) is 5.75 Å². The minimum absolute atomic E-state index is 0.291. The number of aryl methyl sites for hydroxylation is 1. The fraction of sp³-hybridized carbons (Fsp3) is 0.200. The van der Waals surface area contributed by atoms with Gasteiger partial charge in [-0.25, -0.2) is 5.43 Å². The van der Waals surface area contributed by atoms with Crippen LogP contribution in [-0.4, -0.2) is 5.11 Å². The Bertz CT molecular complexity index is 543. The average molecular weight is 321 g/mol. The van der Waals surface area contributed by atoms with Gasteiger partial charge in [-0.05, 0) is 46.1 Å². The molecule has 0 heterocycles. The van der Waals surface area contributed by atoms with Crippen LogP contribution in [0.5, 0.6) is 5.75 Å². The van der Waals surface area contributed by atoms with Crippen LogP contribution in [-0.2, 0) is 13.0 Å². The monoisotopic (exact) mass is 320 g/mol. The molecular formula is C15H17BrN2O. The lowest BCUT2D eigenvalue weighted by Crippen LogP contribution is -2.21. The number of para-hydroxylation sites is 1. The smallest absolute Gasteiger partial charge is 0.134 e. The second-order valence-electron chi connectivity index (χ2n) is 4.28. The quantitative estimate of drug-likeness (QED) is 0.733. The van der Waals surface area contributed by atoms with E-state index in [2.05, 4.69) is 33.7 Å². The van der Waals surface area contributed by atoms with Crippen molar-refractivity contribution in [3.8, 4) is 5.75 Å². The molecule has 0 amide bonds. The molecule has 2 rings (SSSR count). The molecule has 3 nitrogen and oxygen atoms in total. The maximum atomic E-state index is 10.0. The largest absolute Gasteiger partial charge is 0.506 e. The summed E-state index contributed by atoms with van der Waals surface area (Å²) in [5.74, 6) is 0.291. The van der Waals surface area contributed by atoms with Crippen LogP contribution in [0.1, 0.15) is 18.1 Å². The third kappa shape index (κ3) is 3.72. The predicted molar refractivity (Wildman–Crippen MR) is 82.1 cm³/mol. The number of nitrogens with one attached hydrogen (secondary N) is 2. The molecule has 100 valence electrons. The first-order chi connectivity index (χ1) is 9.20. The third-order valence-corrected chi connectivity index (χ3v) is 3.50. The lowest BCUT2D eigenvalue weighted by atomic mass is 10.1.